The number of hydrogen-bond donors (Lipinski definition) is 1. The van der Waals surface area contributed by atoms with Crippen molar-refractivity contribution in [1.82, 2.24) is 5.32 Å². The molecule has 0 unspecified atom stereocenters. The van der Waals surface area contributed by atoms with Gasteiger partial charge >= 0.3 is 5.97 Å². The summed E-state index contributed by atoms with van der Waals surface area (Å²) in [5.74, 6) is -0.823. The summed E-state index contributed by atoms with van der Waals surface area (Å²) in [5, 5.41) is 2.74. The van der Waals surface area contributed by atoms with Gasteiger partial charge in [0, 0.05) is 19.4 Å². The first kappa shape index (κ1) is 22.0. The first-order valence-electron chi connectivity index (χ1n) is 9.96. The fourth-order valence-corrected chi connectivity index (χ4v) is 3.16. The molecule has 1 aliphatic rings. The molecule has 0 spiro atoms. The Balaban J connectivity index is 1.48. The highest BCUT2D eigenvalue weighted by atomic mass is 16.5. The fraction of sp³-hybridized carbons (Fsp3) is 0.304. The molecule has 3 amide bonds. The molecule has 2 aromatic carbocycles. The van der Waals surface area contributed by atoms with E-state index in [0.717, 1.165) is 16.2 Å². The third-order valence-corrected chi connectivity index (χ3v) is 4.94. The van der Waals surface area contributed by atoms with Gasteiger partial charge in [0.05, 0.1) is 18.4 Å². The molecule has 8 heteroatoms. The molecule has 31 heavy (non-hydrogen) atoms. The summed E-state index contributed by atoms with van der Waals surface area (Å²) in [6, 6.07) is 13.5. The number of imide groups is 1. The lowest BCUT2D eigenvalue weighted by Gasteiger charge is -2.15. The summed E-state index contributed by atoms with van der Waals surface area (Å²) in [5.41, 5.74) is 1.68. The Hall–Kier alpha value is -3.68. The smallest absolute Gasteiger partial charge is 0.338 e. The molecule has 0 aliphatic carbocycles. The summed E-state index contributed by atoms with van der Waals surface area (Å²) in [4.78, 5) is 49.2. The lowest BCUT2D eigenvalue weighted by Crippen LogP contribution is -2.36. The molecule has 1 saturated heterocycles. The monoisotopic (exact) mass is 424 g/mol. The van der Waals surface area contributed by atoms with Gasteiger partial charge in [0.1, 0.15) is 5.75 Å². The molecule has 1 atom stereocenters. The van der Waals surface area contributed by atoms with Crippen LogP contribution in [0.5, 0.6) is 5.75 Å². The van der Waals surface area contributed by atoms with Gasteiger partial charge < -0.3 is 14.8 Å². The Bertz CT molecular complexity index is 953. The van der Waals surface area contributed by atoms with Crippen LogP contribution in [0.3, 0.4) is 0 Å². The number of nitrogens with zero attached hydrogens (tertiary/aromatic N) is 1. The maximum atomic E-state index is 12.3. The van der Waals surface area contributed by atoms with Crippen molar-refractivity contribution >= 4 is 29.4 Å². The summed E-state index contributed by atoms with van der Waals surface area (Å²) >= 11 is 0. The Morgan fingerprint density at radius 1 is 1.00 bits per heavy atom. The van der Waals surface area contributed by atoms with Gasteiger partial charge in [-0.05, 0) is 55.3 Å². The number of rotatable bonds is 8. The fourth-order valence-electron chi connectivity index (χ4n) is 3.16. The van der Waals surface area contributed by atoms with Crippen LogP contribution in [0.1, 0.15) is 35.7 Å². The minimum atomic E-state index is -0.968. The number of amides is 3. The quantitative estimate of drug-likeness (QED) is 0.515. The number of carbonyl (C=O) groups excluding carboxylic acids is 4. The van der Waals surface area contributed by atoms with Crippen molar-refractivity contribution in [3.05, 3.63) is 59.7 Å². The summed E-state index contributed by atoms with van der Waals surface area (Å²) < 4.78 is 10.3. The molecule has 1 heterocycles. The van der Waals surface area contributed by atoms with Crippen molar-refractivity contribution in [3.63, 3.8) is 0 Å². The largest absolute Gasteiger partial charge is 0.497 e. The highest BCUT2D eigenvalue weighted by Crippen LogP contribution is 2.23. The van der Waals surface area contributed by atoms with Crippen LogP contribution in [-0.4, -0.2) is 43.4 Å². The third-order valence-electron chi connectivity index (χ3n) is 4.94. The Labute approximate surface area is 180 Å². The standard InChI is InChI=1S/C23H24N2O6/c1-15(22(28)24-14-13-16-3-9-19(30-2)10-4-16)31-23(29)17-5-7-18(8-6-17)25-20(26)11-12-21(25)27/h3-10,15H,11-14H2,1-2H3,(H,24,28)/t15-/m0/s1. The van der Waals surface area contributed by atoms with E-state index in [-0.39, 0.29) is 30.2 Å². The van der Waals surface area contributed by atoms with Crippen molar-refractivity contribution < 1.29 is 28.7 Å². The van der Waals surface area contributed by atoms with Crippen LogP contribution in [0.2, 0.25) is 0 Å². The Morgan fingerprint density at radius 2 is 1.61 bits per heavy atom. The predicted octanol–water partition coefficient (Wildman–Crippen LogP) is 2.25. The summed E-state index contributed by atoms with van der Waals surface area (Å²) in [6.07, 6.45) is 0.0394. The van der Waals surface area contributed by atoms with Gasteiger partial charge in [0.15, 0.2) is 6.10 Å². The van der Waals surface area contributed by atoms with Gasteiger partial charge in [-0.3, -0.25) is 19.3 Å². The molecular formula is C23H24N2O6. The van der Waals surface area contributed by atoms with Crippen LogP contribution >= 0.6 is 0 Å². The average molecular weight is 424 g/mol. The molecule has 8 nitrogen and oxygen atoms in total. The summed E-state index contributed by atoms with van der Waals surface area (Å²) in [7, 11) is 1.60. The highest BCUT2D eigenvalue weighted by Gasteiger charge is 2.30. The van der Waals surface area contributed by atoms with E-state index in [2.05, 4.69) is 5.32 Å². The van der Waals surface area contributed by atoms with Gasteiger partial charge in [-0.25, -0.2) is 4.79 Å². The van der Waals surface area contributed by atoms with Gasteiger partial charge in [0.25, 0.3) is 5.91 Å². The molecule has 1 aliphatic heterocycles. The van der Waals surface area contributed by atoms with Crippen LogP contribution in [0, 0.1) is 0 Å². The van der Waals surface area contributed by atoms with E-state index in [9.17, 15) is 19.2 Å². The lowest BCUT2D eigenvalue weighted by atomic mass is 10.1. The first-order chi connectivity index (χ1) is 14.9. The molecule has 1 fully saturated rings. The van der Waals surface area contributed by atoms with Crippen LogP contribution in [-0.2, 0) is 25.5 Å². The van der Waals surface area contributed by atoms with Gasteiger partial charge in [-0.1, -0.05) is 12.1 Å². The van der Waals surface area contributed by atoms with E-state index in [1.54, 1.807) is 7.11 Å². The van der Waals surface area contributed by atoms with Crippen LogP contribution in [0.15, 0.2) is 48.5 Å². The van der Waals surface area contributed by atoms with Crippen LogP contribution in [0.4, 0.5) is 5.69 Å². The van der Waals surface area contributed by atoms with E-state index in [1.165, 1.54) is 31.2 Å². The number of hydrogen-bond acceptors (Lipinski definition) is 6. The van der Waals surface area contributed by atoms with Crippen LogP contribution in [0.25, 0.3) is 0 Å². The van der Waals surface area contributed by atoms with Gasteiger partial charge in [-0.15, -0.1) is 0 Å². The second kappa shape index (κ2) is 9.88. The average Bonchev–Trinajstić information content (AvgIpc) is 3.12. The summed E-state index contributed by atoms with van der Waals surface area (Å²) in [6.45, 7) is 1.90. The number of benzene rings is 2. The zero-order valence-electron chi connectivity index (χ0n) is 17.4. The van der Waals surface area contributed by atoms with Crippen molar-refractivity contribution in [3.8, 4) is 5.75 Å². The maximum Gasteiger partial charge on any atom is 0.338 e. The molecule has 0 bridgehead atoms. The number of carbonyl (C=O) groups is 4. The van der Waals surface area contributed by atoms with E-state index in [1.807, 2.05) is 24.3 Å². The first-order valence-corrected chi connectivity index (χ1v) is 9.96. The van der Waals surface area contributed by atoms with Crippen molar-refractivity contribution in [2.45, 2.75) is 32.3 Å². The van der Waals surface area contributed by atoms with E-state index in [0.29, 0.717) is 18.7 Å². The lowest BCUT2D eigenvalue weighted by molar-refractivity contribution is -0.129. The Morgan fingerprint density at radius 3 is 2.19 bits per heavy atom. The van der Waals surface area contributed by atoms with Gasteiger partial charge in [0.2, 0.25) is 11.8 Å². The maximum absolute atomic E-state index is 12.3. The van der Waals surface area contributed by atoms with E-state index < -0.39 is 18.0 Å². The number of esters is 1. The van der Waals surface area contributed by atoms with Crippen molar-refractivity contribution in [2.75, 3.05) is 18.6 Å². The number of methoxy groups -OCH3 is 1. The van der Waals surface area contributed by atoms with Crippen LogP contribution < -0.4 is 15.0 Å². The minimum absolute atomic E-state index is 0.188. The Kier molecular flexibility index (Phi) is 7.02. The number of nitrogens with one attached hydrogen (secondary N) is 1. The molecule has 1 N–H and O–H groups in total. The SMILES string of the molecule is COc1ccc(CCNC(=O)[C@H](C)OC(=O)c2ccc(N3C(=O)CCC3=O)cc2)cc1. The molecule has 0 aromatic heterocycles. The van der Waals surface area contributed by atoms with Crippen molar-refractivity contribution in [1.29, 1.82) is 0 Å². The molecule has 0 radical (unpaired) electrons. The zero-order valence-corrected chi connectivity index (χ0v) is 17.4. The molecule has 162 valence electrons. The second-order valence-corrected chi connectivity index (χ2v) is 7.11. The van der Waals surface area contributed by atoms with E-state index in [4.69, 9.17) is 9.47 Å². The second-order valence-electron chi connectivity index (χ2n) is 7.11. The molecule has 3 rings (SSSR count). The van der Waals surface area contributed by atoms with Gasteiger partial charge in [-0.2, -0.15) is 0 Å². The number of anilines is 1. The molecular weight excluding hydrogens is 400 g/mol. The minimum Gasteiger partial charge on any atom is -0.497 e. The van der Waals surface area contributed by atoms with Crippen molar-refractivity contribution in [2.24, 2.45) is 0 Å². The third kappa shape index (κ3) is 5.48. The predicted molar refractivity (Wildman–Crippen MR) is 113 cm³/mol. The molecule has 0 saturated carbocycles. The van der Waals surface area contributed by atoms with E-state index >= 15 is 0 Å². The molecule has 2 aromatic rings. The highest BCUT2D eigenvalue weighted by molar-refractivity contribution is 6.19. The number of ether oxygens (including phenoxy) is 2. The topological polar surface area (TPSA) is 102 Å². The normalized spacial score (nSPS) is 14.3. The zero-order chi connectivity index (χ0) is 22.4.